The third kappa shape index (κ3) is 2.18. The highest BCUT2D eigenvalue weighted by atomic mass is 28.3. The van der Waals surface area contributed by atoms with Crippen molar-refractivity contribution in [2.45, 2.75) is 63.6 Å². The van der Waals surface area contributed by atoms with Crippen LogP contribution >= 0.6 is 0 Å². The van der Waals surface area contributed by atoms with Gasteiger partial charge in [-0.3, -0.25) is 0 Å². The second kappa shape index (κ2) is 3.67. The molecule has 0 amide bonds. The molecule has 1 saturated heterocycles. The van der Waals surface area contributed by atoms with Crippen LogP contribution in [0.15, 0.2) is 0 Å². The van der Waals surface area contributed by atoms with E-state index in [0.717, 1.165) is 6.42 Å². The third-order valence-electron chi connectivity index (χ3n) is 3.77. The zero-order valence-electron chi connectivity index (χ0n) is 9.92. The highest BCUT2D eigenvalue weighted by Gasteiger charge is 2.55. The molecule has 2 atom stereocenters. The van der Waals surface area contributed by atoms with Crippen LogP contribution in [0.3, 0.4) is 0 Å². The molecule has 1 aliphatic rings. The highest BCUT2D eigenvalue weighted by Crippen LogP contribution is 2.46. The SMILES string of the molecule is CC(C)(C)[Si](C)(C)[C@@H]1O[C@H]1CCC#N. The molecule has 1 rings (SSSR count). The summed E-state index contributed by atoms with van der Waals surface area (Å²) in [4.78, 5) is 0. The van der Waals surface area contributed by atoms with Crippen LogP contribution in [-0.4, -0.2) is 19.9 Å². The predicted octanol–water partition coefficient (Wildman–Crippen LogP) is 3.11. The topological polar surface area (TPSA) is 36.3 Å². The van der Waals surface area contributed by atoms with Crippen LogP contribution in [0.4, 0.5) is 0 Å². The zero-order chi connectivity index (χ0) is 11.0. The summed E-state index contributed by atoms with van der Waals surface area (Å²) in [7, 11) is -1.32. The van der Waals surface area contributed by atoms with Gasteiger partial charge in [-0.1, -0.05) is 33.9 Å². The Morgan fingerprint density at radius 3 is 2.36 bits per heavy atom. The van der Waals surface area contributed by atoms with Gasteiger partial charge in [0.2, 0.25) is 0 Å². The average molecular weight is 211 g/mol. The standard InChI is InChI=1S/C11H21NOSi/c1-11(2,3)14(4,5)10-9(13-10)7-6-8-12/h9-10H,6-7H2,1-5H3/t9-,10-/m0/s1. The van der Waals surface area contributed by atoms with Gasteiger partial charge in [0.25, 0.3) is 0 Å². The first kappa shape index (κ1) is 11.7. The van der Waals surface area contributed by atoms with E-state index in [1.165, 1.54) is 0 Å². The van der Waals surface area contributed by atoms with Crippen molar-refractivity contribution < 1.29 is 4.74 Å². The van der Waals surface area contributed by atoms with E-state index in [9.17, 15) is 0 Å². The zero-order valence-corrected chi connectivity index (χ0v) is 10.9. The molecule has 0 aromatic rings. The third-order valence-corrected chi connectivity index (χ3v) is 9.56. The second-order valence-electron chi connectivity index (χ2n) is 5.76. The van der Waals surface area contributed by atoms with Gasteiger partial charge in [0, 0.05) is 6.42 Å². The molecule has 3 heteroatoms. The number of hydrogen-bond acceptors (Lipinski definition) is 2. The number of ether oxygens (including phenoxy) is 1. The molecule has 0 N–H and O–H groups in total. The normalized spacial score (nSPS) is 27.1. The van der Waals surface area contributed by atoms with Crippen LogP contribution in [0.2, 0.25) is 18.1 Å². The van der Waals surface area contributed by atoms with Crippen LogP contribution in [0.1, 0.15) is 33.6 Å². The van der Waals surface area contributed by atoms with Crippen molar-refractivity contribution >= 4 is 8.07 Å². The van der Waals surface area contributed by atoms with Crippen molar-refractivity contribution in [3.63, 3.8) is 0 Å². The summed E-state index contributed by atoms with van der Waals surface area (Å²) in [6.07, 6.45) is 1.94. The molecule has 0 bridgehead atoms. The Hall–Kier alpha value is -0.333. The predicted molar refractivity (Wildman–Crippen MR) is 60.7 cm³/mol. The highest BCUT2D eigenvalue weighted by molar-refractivity contribution is 6.82. The smallest absolute Gasteiger partial charge is 0.0902 e. The summed E-state index contributed by atoms with van der Waals surface area (Å²) >= 11 is 0. The van der Waals surface area contributed by atoms with Crippen molar-refractivity contribution in [1.82, 2.24) is 0 Å². The van der Waals surface area contributed by atoms with Gasteiger partial charge in [0.05, 0.1) is 26.0 Å². The minimum absolute atomic E-state index is 0.385. The molecule has 0 aromatic carbocycles. The molecule has 80 valence electrons. The van der Waals surface area contributed by atoms with E-state index in [2.05, 4.69) is 39.9 Å². The van der Waals surface area contributed by atoms with E-state index >= 15 is 0 Å². The first-order valence-corrected chi connectivity index (χ1v) is 8.41. The Labute approximate surface area is 88.3 Å². The molecule has 0 aromatic heterocycles. The van der Waals surface area contributed by atoms with Gasteiger partial charge >= 0.3 is 0 Å². The monoisotopic (exact) mass is 211 g/mol. The van der Waals surface area contributed by atoms with Crippen molar-refractivity contribution in [2.75, 3.05) is 0 Å². The quantitative estimate of drug-likeness (QED) is 0.531. The Morgan fingerprint density at radius 1 is 1.36 bits per heavy atom. The van der Waals surface area contributed by atoms with E-state index in [-0.39, 0.29) is 0 Å². The molecular formula is C11H21NOSi. The average Bonchev–Trinajstić information content (AvgIpc) is 2.77. The van der Waals surface area contributed by atoms with Crippen molar-refractivity contribution in [3.05, 3.63) is 0 Å². The molecule has 1 aliphatic heterocycles. The molecule has 0 unspecified atom stereocenters. The lowest BCUT2D eigenvalue weighted by Gasteiger charge is -2.35. The Bertz CT molecular complexity index is 249. The maximum atomic E-state index is 8.50. The maximum Gasteiger partial charge on any atom is 0.0902 e. The molecule has 0 aliphatic carbocycles. The summed E-state index contributed by atoms with van der Waals surface area (Å²) in [6.45, 7) is 11.7. The van der Waals surface area contributed by atoms with Crippen LogP contribution in [-0.2, 0) is 4.74 Å². The summed E-state index contributed by atoms with van der Waals surface area (Å²) in [5.74, 6) is 0. The van der Waals surface area contributed by atoms with E-state index in [1.807, 2.05) is 0 Å². The van der Waals surface area contributed by atoms with Crippen molar-refractivity contribution in [1.29, 1.82) is 5.26 Å². The molecule has 1 fully saturated rings. The Morgan fingerprint density at radius 2 is 1.93 bits per heavy atom. The van der Waals surface area contributed by atoms with Gasteiger partial charge in [-0.2, -0.15) is 5.26 Å². The lowest BCUT2D eigenvalue weighted by Crippen LogP contribution is -2.44. The fourth-order valence-electron chi connectivity index (χ4n) is 1.63. The molecule has 1 heterocycles. The fourth-order valence-corrected chi connectivity index (χ4v) is 4.10. The number of rotatable bonds is 3. The lowest BCUT2D eigenvalue weighted by atomic mass is 10.2. The van der Waals surface area contributed by atoms with E-state index in [0.29, 0.717) is 23.3 Å². The molecule has 14 heavy (non-hydrogen) atoms. The molecule has 0 radical (unpaired) electrons. The molecular weight excluding hydrogens is 190 g/mol. The Kier molecular flexibility index (Phi) is 3.08. The van der Waals surface area contributed by atoms with Crippen LogP contribution < -0.4 is 0 Å². The summed E-state index contributed by atoms with van der Waals surface area (Å²) in [5, 5.41) is 8.89. The molecule has 0 saturated carbocycles. The largest absolute Gasteiger partial charge is 0.373 e. The first-order chi connectivity index (χ1) is 6.30. The second-order valence-corrected chi connectivity index (χ2v) is 11.3. The van der Waals surface area contributed by atoms with Gasteiger partial charge in [-0.15, -0.1) is 0 Å². The van der Waals surface area contributed by atoms with Gasteiger partial charge in [0.1, 0.15) is 0 Å². The van der Waals surface area contributed by atoms with Gasteiger partial charge in [-0.25, -0.2) is 0 Å². The number of hydrogen-bond donors (Lipinski definition) is 0. The molecule has 0 spiro atoms. The van der Waals surface area contributed by atoms with E-state index < -0.39 is 8.07 Å². The van der Waals surface area contributed by atoms with Crippen LogP contribution in [0.25, 0.3) is 0 Å². The summed E-state index contributed by atoms with van der Waals surface area (Å²) in [6, 6.07) is 2.19. The minimum atomic E-state index is -1.32. The number of nitrogens with zero attached hydrogens (tertiary/aromatic N) is 1. The number of epoxide rings is 1. The Balaban J connectivity index is 2.50. The van der Waals surface area contributed by atoms with Gasteiger partial charge < -0.3 is 4.74 Å². The van der Waals surface area contributed by atoms with E-state index in [1.54, 1.807) is 0 Å². The van der Waals surface area contributed by atoms with Gasteiger partial charge in [-0.05, 0) is 11.5 Å². The van der Waals surface area contributed by atoms with Crippen molar-refractivity contribution in [2.24, 2.45) is 0 Å². The summed E-state index contributed by atoms with van der Waals surface area (Å²) in [5.41, 5.74) is 0.482. The van der Waals surface area contributed by atoms with Crippen LogP contribution in [0.5, 0.6) is 0 Å². The lowest BCUT2D eigenvalue weighted by molar-refractivity contribution is 0.383. The first-order valence-electron chi connectivity index (χ1n) is 5.33. The fraction of sp³-hybridized carbons (Fsp3) is 0.909. The number of nitriles is 1. The van der Waals surface area contributed by atoms with Crippen LogP contribution in [0, 0.1) is 11.3 Å². The molecule has 2 nitrogen and oxygen atoms in total. The minimum Gasteiger partial charge on any atom is -0.373 e. The van der Waals surface area contributed by atoms with Gasteiger partial charge in [0.15, 0.2) is 0 Å². The maximum absolute atomic E-state index is 8.50. The van der Waals surface area contributed by atoms with Crippen molar-refractivity contribution in [3.8, 4) is 6.07 Å². The summed E-state index contributed by atoms with van der Waals surface area (Å²) < 4.78 is 5.72. The van der Waals surface area contributed by atoms with E-state index in [4.69, 9.17) is 10.00 Å².